The number of aromatic nitrogens is 1. The highest BCUT2D eigenvalue weighted by Gasteiger charge is 2.25. The van der Waals surface area contributed by atoms with Crippen LogP contribution in [0.2, 0.25) is 0 Å². The smallest absolute Gasteiger partial charge is 0.318 e. The van der Waals surface area contributed by atoms with E-state index in [1.807, 2.05) is 18.2 Å². The van der Waals surface area contributed by atoms with Crippen molar-refractivity contribution in [2.45, 2.75) is 25.4 Å². The number of nitrogens with one attached hydrogen (secondary N) is 1. The number of aryl methyl sites for hydroxylation is 1. The van der Waals surface area contributed by atoms with E-state index in [-0.39, 0.29) is 12.1 Å². The van der Waals surface area contributed by atoms with Crippen molar-refractivity contribution in [2.24, 2.45) is 0 Å². The maximum atomic E-state index is 12.8. The molecule has 0 fully saturated rings. The molecule has 1 aliphatic carbocycles. The summed E-state index contributed by atoms with van der Waals surface area (Å²) in [5.74, 6) is 0. The third kappa shape index (κ3) is 3.92. The summed E-state index contributed by atoms with van der Waals surface area (Å²) in [4.78, 5) is 18.7. The van der Waals surface area contributed by atoms with Crippen molar-refractivity contribution < 1.29 is 9.53 Å². The van der Waals surface area contributed by atoms with Crippen molar-refractivity contribution in [3.05, 3.63) is 65.5 Å². The molecule has 2 aromatic rings. The molecule has 126 valence electrons. The van der Waals surface area contributed by atoms with Crippen LogP contribution < -0.4 is 5.32 Å². The van der Waals surface area contributed by atoms with Crippen LogP contribution in [-0.2, 0) is 17.7 Å². The van der Waals surface area contributed by atoms with Crippen LogP contribution in [0.4, 0.5) is 4.79 Å². The van der Waals surface area contributed by atoms with E-state index in [0.29, 0.717) is 19.7 Å². The zero-order chi connectivity index (χ0) is 16.8. The van der Waals surface area contributed by atoms with Crippen molar-refractivity contribution in [1.82, 2.24) is 15.2 Å². The molecular weight excluding hydrogens is 302 g/mol. The van der Waals surface area contributed by atoms with Gasteiger partial charge in [-0.15, -0.1) is 0 Å². The molecule has 2 amide bonds. The lowest BCUT2D eigenvalue weighted by Crippen LogP contribution is -2.42. The van der Waals surface area contributed by atoms with E-state index >= 15 is 0 Å². The normalized spacial score (nSPS) is 15.8. The number of pyridine rings is 1. The van der Waals surface area contributed by atoms with Gasteiger partial charge in [0.15, 0.2) is 0 Å². The number of carbonyl (C=O) groups is 1. The maximum absolute atomic E-state index is 12.8. The number of rotatable bonds is 6. The van der Waals surface area contributed by atoms with Crippen LogP contribution in [0, 0.1) is 0 Å². The van der Waals surface area contributed by atoms with Crippen LogP contribution in [0.5, 0.6) is 0 Å². The van der Waals surface area contributed by atoms with E-state index < -0.39 is 0 Å². The first-order valence-electron chi connectivity index (χ1n) is 8.29. The molecule has 1 N–H and O–H groups in total. The molecule has 1 atom stereocenters. The summed E-state index contributed by atoms with van der Waals surface area (Å²) in [6.07, 6.45) is 5.49. The Kier molecular flexibility index (Phi) is 5.43. The van der Waals surface area contributed by atoms with Crippen LogP contribution in [0.3, 0.4) is 0 Å². The molecule has 5 nitrogen and oxygen atoms in total. The van der Waals surface area contributed by atoms with E-state index in [0.717, 1.165) is 18.4 Å². The first-order chi connectivity index (χ1) is 11.8. The molecule has 1 aliphatic rings. The minimum Gasteiger partial charge on any atom is -0.383 e. The number of carbonyl (C=O) groups excluding carboxylic acids is 1. The number of nitrogens with zero attached hydrogens (tertiary/aromatic N) is 2. The van der Waals surface area contributed by atoms with Crippen molar-refractivity contribution in [3.8, 4) is 0 Å². The van der Waals surface area contributed by atoms with Gasteiger partial charge in [0.05, 0.1) is 12.6 Å². The van der Waals surface area contributed by atoms with Crippen LogP contribution >= 0.6 is 0 Å². The number of hydrogen-bond acceptors (Lipinski definition) is 3. The quantitative estimate of drug-likeness (QED) is 0.888. The molecule has 1 heterocycles. The molecule has 24 heavy (non-hydrogen) atoms. The number of benzene rings is 1. The summed E-state index contributed by atoms with van der Waals surface area (Å²) >= 11 is 0. The molecule has 0 saturated carbocycles. The van der Waals surface area contributed by atoms with Gasteiger partial charge in [0.2, 0.25) is 0 Å². The highest BCUT2D eigenvalue weighted by atomic mass is 16.5. The fourth-order valence-corrected chi connectivity index (χ4v) is 3.11. The zero-order valence-electron chi connectivity index (χ0n) is 13.9. The summed E-state index contributed by atoms with van der Waals surface area (Å²) in [5.41, 5.74) is 3.58. The van der Waals surface area contributed by atoms with Gasteiger partial charge in [-0.3, -0.25) is 4.98 Å². The predicted octanol–water partition coefficient (Wildman–Crippen LogP) is 2.93. The predicted molar refractivity (Wildman–Crippen MR) is 92.6 cm³/mol. The van der Waals surface area contributed by atoms with Crippen LogP contribution in [0.25, 0.3) is 0 Å². The SMILES string of the molecule is COCCN(Cc1cccnc1)C(=O)N[C@H]1CCc2ccccc21. The lowest BCUT2D eigenvalue weighted by Gasteiger charge is -2.25. The number of hydrogen-bond donors (Lipinski definition) is 1. The second-order valence-electron chi connectivity index (χ2n) is 6.02. The van der Waals surface area contributed by atoms with Gasteiger partial charge in [-0.25, -0.2) is 4.79 Å². The summed E-state index contributed by atoms with van der Waals surface area (Å²) in [6, 6.07) is 12.2. The van der Waals surface area contributed by atoms with Gasteiger partial charge in [-0.2, -0.15) is 0 Å². The molecule has 0 radical (unpaired) electrons. The molecular formula is C19H23N3O2. The molecule has 5 heteroatoms. The second-order valence-corrected chi connectivity index (χ2v) is 6.02. The minimum atomic E-state index is -0.0578. The highest BCUT2D eigenvalue weighted by molar-refractivity contribution is 5.75. The van der Waals surface area contributed by atoms with E-state index in [1.54, 1.807) is 24.4 Å². The topological polar surface area (TPSA) is 54.5 Å². The fraction of sp³-hybridized carbons (Fsp3) is 0.368. The van der Waals surface area contributed by atoms with Crippen LogP contribution in [-0.4, -0.2) is 36.2 Å². The van der Waals surface area contributed by atoms with Gasteiger partial charge >= 0.3 is 6.03 Å². The standard InChI is InChI=1S/C19H23N3O2/c1-24-12-11-22(14-15-5-4-10-20-13-15)19(23)21-18-9-8-16-6-2-3-7-17(16)18/h2-7,10,13,18H,8-9,11-12,14H2,1H3,(H,21,23)/t18-/m0/s1. The summed E-state index contributed by atoms with van der Waals surface area (Å²) in [6.45, 7) is 1.58. The summed E-state index contributed by atoms with van der Waals surface area (Å²) in [7, 11) is 1.65. The highest BCUT2D eigenvalue weighted by Crippen LogP contribution is 2.30. The Balaban J connectivity index is 1.67. The number of methoxy groups -OCH3 is 1. The monoisotopic (exact) mass is 325 g/mol. The molecule has 0 bridgehead atoms. The van der Waals surface area contributed by atoms with Gasteiger partial charge in [0, 0.05) is 32.6 Å². The van der Waals surface area contributed by atoms with E-state index in [4.69, 9.17) is 4.74 Å². The van der Waals surface area contributed by atoms with Gasteiger partial charge < -0.3 is 15.0 Å². The third-order valence-electron chi connectivity index (χ3n) is 4.38. The van der Waals surface area contributed by atoms with Crippen molar-refractivity contribution in [3.63, 3.8) is 0 Å². The minimum absolute atomic E-state index is 0.0578. The van der Waals surface area contributed by atoms with E-state index in [1.165, 1.54) is 11.1 Å². The van der Waals surface area contributed by atoms with E-state index in [9.17, 15) is 4.79 Å². The zero-order valence-corrected chi connectivity index (χ0v) is 13.9. The van der Waals surface area contributed by atoms with Crippen LogP contribution in [0.1, 0.15) is 29.2 Å². The molecule has 0 spiro atoms. The Morgan fingerprint density at radius 2 is 2.21 bits per heavy atom. The molecule has 1 aromatic heterocycles. The Hall–Kier alpha value is -2.40. The molecule has 0 aliphatic heterocycles. The molecule has 0 unspecified atom stereocenters. The number of fused-ring (bicyclic) bond motifs is 1. The van der Waals surface area contributed by atoms with Gasteiger partial charge in [-0.1, -0.05) is 30.3 Å². The van der Waals surface area contributed by atoms with Gasteiger partial charge in [0.1, 0.15) is 0 Å². The van der Waals surface area contributed by atoms with Crippen molar-refractivity contribution >= 4 is 6.03 Å². The number of urea groups is 1. The largest absolute Gasteiger partial charge is 0.383 e. The first-order valence-corrected chi connectivity index (χ1v) is 8.29. The summed E-state index contributed by atoms with van der Waals surface area (Å²) < 4.78 is 5.15. The van der Waals surface area contributed by atoms with Crippen LogP contribution in [0.15, 0.2) is 48.8 Å². The van der Waals surface area contributed by atoms with E-state index in [2.05, 4.69) is 28.5 Å². The van der Waals surface area contributed by atoms with Gasteiger partial charge in [0.25, 0.3) is 0 Å². The second kappa shape index (κ2) is 7.93. The molecule has 3 rings (SSSR count). The first kappa shape index (κ1) is 16.5. The Labute approximate surface area is 142 Å². The average molecular weight is 325 g/mol. The Morgan fingerprint density at radius 1 is 1.33 bits per heavy atom. The average Bonchev–Trinajstić information content (AvgIpc) is 3.02. The number of amides is 2. The summed E-state index contributed by atoms with van der Waals surface area (Å²) in [5, 5.41) is 3.18. The van der Waals surface area contributed by atoms with Crippen molar-refractivity contribution in [1.29, 1.82) is 0 Å². The Bertz CT molecular complexity index is 675. The molecule has 1 aromatic carbocycles. The van der Waals surface area contributed by atoms with Gasteiger partial charge in [-0.05, 0) is 35.6 Å². The maximum Gasteiger partial charge on any atom is 0.318 e. The number of ether oxygens (including phenoxy) is 1. The fourth-order valence-electron chi connectivity index (χ4n) is 3.11. The lowest BCUT2D eigenvalue weighted by atomic mass is 10.1. The lowest BCUT2D eigenvalue weighted by molar-refractivity contribution is 0.144. The van der Waals surface area contributed by atoms with Crippen molar-refractivity contribution in [2.75, 3.05) is 20.3 Å². The third-order valence-corrected chi connectivity index (χ3v) is 4.38. The Morgan fingerprint density at radius 3 is 3.00 bits per heavy atom. The molecule has 0 saturated heterocycles.